The second-order valence-corrected chi connectivity index (χ2v) is 5.79. The second-order valence-electron chi connectivity index (χ2n) is 5.79. The second kappa shape index (κ2) is 6.12. The highest BCUT2D eigenvalue weighted by Crippen LogP contribution is 2.21. The molecule has 6 nitrogen and oxygen atoms in total. The van der Waals surface area contributed by atoms with Crippen molar-refractivity contribution < 1.29 is 8.78 Å². The third-order valence-electron chi connectivity index (χ3n) is 4.14. The Morgan fingerprint density at radius 2 is 2.17 bits per heavy atom. The van der Waals surface area contributed by atoms with Crippen molar-refractivity contribution in [1.29, 1.82) is 0 Å². The number of nitrogens with zero attached hydrogens (tertiary/aromatic N) is 4. The molecule has 24 heavy (non-hydrogen) atoms. The smallest absolute Gasteiger partial charge is 0.253 e. The van der Waals surface area contributed by atoms with Crippen LogP contribution in [0.15, 0.2) is 43.0 Å². The summed E-state index contributed by atoms with van der Waals surface area (Å²) in [5.41, 5.74) is 2.33. The average molecular weight is 330 g/mol. The van der Waals surface area contributed by atoms with Gasteiger partial charge in [-0.1, -0.05) is 6.07 Å². The Morgan fingerprint density at radius 3 is 3.00 bits per heavy atom. The van der Waals surface area contributed by atoms with Crippen LogP contribution in [0.5, 0.6) is 0 Å². The van der Waals surface area contributed by atoms with Gasteiger partial charge < -0.3 is 10.6 Å². The maximum atomic E-state index is 12.7. The van der Waals surface area contributed by atoms with Crippen LogP contribution in [0.3, 0.4) is 0 Å². The van der Waals surface area contributed by atoms with Gasteiger partial charge in [-0.25, -0.2) is 18.7 Å². The molecular weight excluding hydrogens is 314 g/mol. The van der Waals surface area contributed by atoms with Crippen molar-refractivity contribution in [2.24, 2.45) is 0 Å². The van der Waals surface area contributed by atoms with Gasteiger partial charge in [-0.15, -0.1) is 0 Å². The van der Waals surface area contributed by atoms with E-state index in [1.165, 1.54) is 0 Å². The molecule has 0 aromatic carbocycles. The van der Waals surface area contributed by atoms with Gasteiger partial charge in [0.25, 0.3) is 6.43 Å². The number of rotatable bonds is 4. The highest BCUT2D eigenvalue weighted by molar-refractivity contribution is 5.60. The fourth-order valence-electron chi connectivity index (χ4n) is 2.96. The van der Waals surface area contributed by atoms with E-state index in [-0.39, 0.29) is 6.04 Å². The molecule has 1 fully saturated rings. The Bertz CT molecular complexity index is 849. The van der Waals surface area contributed by atoms with E-state index in [0.29, 0.717) is 24.5 Å². The number of aromatic nitrogens is 4. The topological polar surface area (TPSA) is 67.1 Å². The molecule has 1 saturated heterocycles. The molecule has 1 aliphatic rings. The van der Waals surface area contributed by atoms with E-state index in [1.54, 1.807) is 18.6 Å². The molecular formula is C16H16F2N6. The van der Waals surface area contributed by atoms with Crippen LogP contribution < -0.4 is 10.6 Å². The Morgan fingerprint density at radius 1 is 1.25 bits per heavy atom. The molecule has 0 spiro atoms. The number of nitrogens with one attached hydrogen (secondary N) is 2. The number of halogens is 2. The number of fused-ring (bicyclic) bond motifs is 1. The Hall–Kier alpha value is -2.61. The summed E-state index contributed by atoms with van der Waals surface area (Å²) in [4.78, 5) is 13.1. The maximum absolute atomic E-state index is 12.7. The highest BCUT2D eigenvalue weighted by Gasteiger charge is 2.30. The lowest BCUT2D eigenvalue weighted by atomic mass is 10.2. The number of anilines is 1. The third-order valence-corrected chi connectivity index (χ3v) is 4.14. The molecule has 0 unspecified atom stereocenters. The summed E-state index contributed by atoms with van der Waals surface area (Å²) in [6.07, 6.45) is 4.92. The molecule has 0 radical (unpaired) electrons. The number of pyridine rings is 1. The Labute approximate surface area is 137 Å². The number of hydrogen-bond acceptors (Lipinski definition) is 5. The molecule has 8 heteroatoms. The van der Waals surface area contributed by atoms with Crippen LogP contribution in [0.4, 0.5) is 14.6 Å². The first kappa shape index (κ1) is 14.9. The first-order valence-corrected chi connectivity index (χ1v) is 7.73. The van der Waals surface area contributed by atoms with Crippen LogP contribution in [0.2, 0.25) is 0 Å². The van der Waals surface area contributed by atoms with E-state index in [0.717, 1.165) is 11.3 Å². The van der Waals surface area contributed by atoms with Gasteiger partial charge in [-0.2, -0.15) is 0 Å². The van der Waals surface area contributed by atoms with E-state index in [4.69, 9.17) is 0 Å². The van der Waals surface area contributed by atoms with Crippen LogP contribution in [-0.4, -0.2) is 44.4 Å². The lowest BCUT2D eigenvalue weighted by molar-refractivity contribution is 0.107. The zero-order valence-corrected chi connectivity index (χ0v) is 12.7. The van der Waals surface area contributed by atoms with E-state index in [1.807, 2.05) is 28.8 Å². The Balaban J connectivity index is 1.56. The minimum Gasteiger partial charge on any atom is -0.365 e. The summed E-state index contributed by atoms with van der Waals surface area (Å²) in [5.74, 6) is 0.570. The van der Waals surface area contributed by atoms with E-state index >= 15 is 0 Å². The minimum absolute atomic E-state index is 0.0873. The van der Waals surface area contributed by atoms with Crippen molar-refractivity contribution in [3.05, 3.63) is 43.0 Å². The molecule has 0 saturated carbocycles. The summed E-state index contributed by atoms with van der Waals surface area (Å²) in [5, 5.41) is 5.99. The molecule has 0 aliphatic carbocycles. The van der Waals surface area contributed by atoms with E-state index in [9.17, 15) is 8.78 Å². The molecule has 4 rings (SSSR count). The monoisotopic (exact) mass is 330 g/mol. The zero-order valence-electron chi connectivity index (χ0n) is 12.7. The van der Waals surface area contributed by atoms with E-state index < -0.39 is 12.5 Å². The van der Waals surface area contributed by atoms with Crippen molar-refractivity contribution in [2.45, 2.75) is 24.9 Å². The third kappa shape index (κ3) is 2.80. The molecule has 0 bridgehead atoms. The summed E-state index contributed by atoms with van der Waals surface area (Å²) >= 11 is 0. The van der Waals surface area contributed by atoms with E-state index in [2.05, 4.69) is 25.6 Å². The van der Waals surface area contributed by atoms with Crippen molar-refractivity contribution in [1.82, 2.24) is 24.7 Å². The van der Waals surface area contributed by atoms with Crippen LogP contribution in [-0.2, 0) is 0 Å². The minimum atomic E-state index is -2.35. The summed E-state index contributed by atoms with van der Waals surface area (Å²) in [7, 11) is 0. The van der Waals surface area contributed by atoms with Crippen LogP contribution in [0, 0.1) is 0 Å². The van der Waals surface area contributed by atoms with Gasteiger partial charge in [-0.05, 0) is 18.6 Å². The van der Waals surface area contributed by atoms with Crippen molar-refractivity contribution in [2.75, 3.05) is 11.9 Å². The summed E-state index contributed by atoms with van der Waals surface area (Å²) in [6, 6.07) is 4.89. The van der Waals surface area contributed by atoms with Gasteiger partial charge in [0.2, 0.25) is 0 Å². The number of alkyl halides is 2. The van der Waals surface area contributed by atoms with Crippen LogP contribution >= 0.6 is 0 Å². The van der Waals surface area contributed by atoms with Gasteiger partial charge in [0.1, 0.15) is 17.2 Å². The molecule has 1 aliphatic heterocycles. The van der Waals surface area contributed by atoms with Gasteiger partial charge >= 0.3 is 0 Å². The molecule has 3 aromatic rings. The standard InChI is InChI=1S/C16H16F2N6/c17-16(18)11-5-10(6-20-11)22-14-9-19-7-12(23-14)13-8-21-15-3-1-2-4-24(13)15/h1-4,7-11,16,20H,5-6H2,(H,22,23)/t10-,11+/m1/s1. The SMILES string of the molecule is FC(F)[C@@H]1C[C@@H](Nc2cncc(-c3cnc4ccccn34)n2)CN1. The Kier molecular flexibility index (Phi) is 3.81. The predicted molar refractivity (Wildman–Crippen MR) is 86.0 cm³/mol. The first-order chi connectivity index (χ1) is 11.7. The van der Waals surface area contributed by atoms with Crippen molar-refractivity contribution >= 4 is 11.5 Å². The maximum Gasteiger partial charge on any atom is 0.253 e. The molecule has 2 N–H and O–H groups in total. The number of imidazole rings is 1. The van der Waals surface area contributed by atoms with Gasteiger partial charge in [-0.3, -0.25) is 9.38 Å². The fourth-order valence-corrected chi connectivity index (χ4v) is 2.96. The first-order valence-electron chi connectivity index (χ1n) is 7.73. The summed E-state index contributed by atoms with van der Waals surface area (Å²) in [6.45, 7) is 0.483. The molecule has 0 amide bonds. The van der Waals surface area contributed by atoms with Crippen LogP contribution in [0.1, 0.15) is 6.42 Å². The fraction of sp³-hybridized carbons (Fsp3) is 0.312. The van der Waals surface area contributed by atoms with Crippen molar-refractivity contribution in [3.63, 3.8) is 0 Å². The average Bonchev–Trinajstić information content (AvgIpc) is 3.22. The number of hydrogen-bond donors (Lipinski definition) is 2. The van der Waals surface area contributed by atoms with Gasteiger partial charge in [0, 0.05) is 18.8 Å². The van der Waals surface area contributed by atoms with Gasteiger partial charge in [0.05, 0.1) is 30.3 Å². The molecule has 3 aromatic heterocycles. The van der Waals surface area contributed by atoms with Crippen LogP contribution in [0.25, 0.3) is 17.0 Å². The largest absolute Gasteiger partial charge is 0.365 e. The highest BCUT2D eigenvalue weighted by atomic mass is 19.3. The lowest BCUT2D eigenvalue weighted by Crippen LogP contribution is -2.28. The van der Waals surface area contributed by atoms with Gasteiger partial charge in [0.15, 0.2) is 0 Å². The molecule has 4 heterocycles. The predicted octanol–water partition coefficient (Wildman–Crippen LogP) is 2.20. The summed E-state index contributed by atoms with van der Waals surface area (Å²) < 4.78 is 27.4. The normalized spacial score (nSPS) is 20.8. The quantitative estimate of drug-likeness (QED) is 0.768. The lowest BCUT2D eigenvalue weighted by Gasteiger charge is -2.13. The zero-order chi connectivity index (χ0) is 16.5. The molecule has 124 valence electrons. The van der Waals surface area contributed by atoms with Crippen molar-refractivity contribution in [3.8, 4) is 11.4 Å². The molecule has 2 atom stereocenters.